The van der Waals surface area contributed by atoms with E-state index < -0.39 is 0 Å². The summed E-state index contributed by atoms with van der Waals surface area (Å²) in [7, 11) is 1.98. The van der Waals surface area contributed by atoms with Crippen molar-refractivity contribution in [2.24, 2.45) is 7.05 Å². The molecule has 0 aliphatic carbocycles. The highest BCUT2D eigenvalue weighted by Crippen LogP contribution is 2.30. The summed E-state index contributed by atoms with van der Waals surface area (Å²) in [6.07, 6.45) is 3.15. The number of aryl methyl sites for hydroxylation is 1. The first-order chi connectivity index (χ1) is 9.31. The molecule has 0 spiro atoms. The van der Waals surface area contributed by atoms with Crippen LogP contribution in [0.5, 0.6) is 0 Å². The minimum absolute atomic E-state index is 0.0543. The third kappa shape index (κ3) is 2.12. The number of ether oxygens (including phenoxy) is 1. The van der Waals surface area contributed by atoms with Gasteiger partial charge >= 0.3 is 0 Å². The maximum Gasteiger partial charge on any atom is 0.115 e. The first-order valence-corrected chi connectivity index (χ1v) is 6.79. The molecule has 1 aliphatic rings. The molecule has 0 saturated heterocycles. The van der Waals surface area contributed by atoms with Crippen LogP contribution in [-0.4, -0.2) is 22.9 Å². The Hall–Kier alpha value is -1.81. The average molecular weight is 257 g/mol. The van der Waals surface area contributed by atoms with Crippen molar-refractivity contribution in [1.29, 1.82) is 0 Å². The van der Waals surface area contributed by atoms with E-state index in [1.165, 1.54) is 5.39 Å². The quantitative estimate of drug-likeness (QED) is 0.914. The van der Waals surface area contributed by atoms with Gasteiger partial charge in [-0.25, -0.2) is 0 Å². The number of likely N-dealkylation sites (N-methyl/N-ethyl adjacent to an activating group) is 1. The number of fused-ring (bicyclic) bond motifs is 1. The Morgan fingerprint density at radius 1 is 1.42 bits per heavy atom. The van der Waals surface area contributed by atoms with Gasteiger partial charge in [-0.2, -0.15) is 5.10 Å². The molecule has 100 valence electrons. The molecule has 2 heterocycles. The lowest BCUT2D eigenvalue weighted by atomic mass is 10.1. The number of nitrogens with zero attached hydrogens (tertiary/aromatic N) is 2. The molecule has 1 aliphatic heterocycles. The van der Waals surface area contributed by atoms with Crippen LogP contribution in [0.2, 0.25) is 0 Å². The Morgan fingerprint density at radius 3 is 3.00 bits per heavy atom. The highest BCUT2D eigenvalue weighted by atomic mass is 16.5. The molecule has 2 aromatic rings. The summed E-state index contributed by atoms with van der Waals surface area (Å²) in [6, 6.07) is 8.37. The standard InChI is InChI=1S/C15H19N3O/c1-3-16-15(13-9-6-10-19-13)14-11-7-4-5-8-12(11)18(2)17-14/h4-5,7-9,15-16H,3,6,10H2,1-2H3. The number of hydrogen-bond acceptors (Lipinski definition) is 3. The lowest BCUT2D eigenvalue weighted by molar-refractivity contribution is 0.215. The van der Waals surface area contributed by atoms with Crippen LogP contribution in [0.25, 0.3) is 10.9 Å². The summed E-state index contributed by atoms with van der Waals surface area (Å²) in [6.45, 7) is 3.77. The minimum atomic E-state index is 0.0543. The third-order valence-corrected chi connectivity index (χ3v) is 3.48. The van der Waals surface area contributed by atoms with Crippen LogP contribution < -0.4 is 5.32 Å². The average Bonchev–Trinajstić information content (AvgIpc) is 3.06. The summed E-state index contributed by atoms with van der Waals surface area (Å²) < 4.78 is 7.66. The van der Waals surface area contributed by atoms with E-state index in [2.05, 4.69) is 41.6 Å². The maximum atomic E-state index is 5.73. The van der Waals surface area contributed by atoms with Crippen molar-refractivity contribution in [1.82, 2.24) is 15.1 Å². The van der Waals surface area contributed by atoms with Gasteiger partial charge in [-0.1, -0.05) is 25.1 Å². The van der Waals surface area contributed by atoms with E-state index in [0.29, 0.717) is 0 Å². The second-order valence-electron chi connectivity index (χ2n) is 4.76. The molecule has 1 atom stereocenters. The Labute approximate surface area is 113 Å². The fourth-order valence-corrected chi connectivity index (χ4v) is 2.63. The van der Waals surface area contributed by atoms with Crippen LogP contribution in [0.3, 0.4) is 0 Å². The van der Waals surface area contributed by atoms with Crippen LogP contribution in [0.15, 0.2) is 36.1 Å². The normalized spacial score (nSPS) is 16.4. The Kier molecular flexibility index (Phi) is 3.25. The lowest BCUT2D eigenvalue weighted by Gasteiger charge is -2.17. The van der Waals surface area contributed by atoms with Gasteiger partial charge in [0.05, 0.1) is 17.8 Å². The molecule has 4 heteroatoms. The van der Waals surface area contributed by atoms with E-state index >= 15 is 0 Å². The third-order valence-electron chi connectivity index (χ3n) is 3.48. The summed E-state index contributed by atoms with van der Waals surface area (Å²) in [5.74, 6) is 1.01. The molecular weight excluding hydrogens is 238 g/mol. The molecule has 0 bridgehead atoms. The van der Waals surface area contributed by atoms with Crippen molar-refractivity contribution < 1.29 is 4.74 Å². The summed E-state index contributed by atoms with van der Waals surface area (Å²) in [5, 5.41) is 9.35. The van der Waals surface area contributed by atoms with Gasteiger partial charge in [0.15, 0.2) is 0 Å². The number of para-hydroxylation sites is 1. The van der Waals surface area contributed by atoms with E-state index in [0.717, 1.165) is 36.5 Å². The molecule has 0 saturated carbocycles. The van der Waals surface area contributed by atoms with Gasteiger partial charge in [-0.3, -0.25) is 4.68 Å². The van der Waals surface area contributed by atoms with Gasteiger partial charge < -0.3 is 10.1 Å². The second kappa shape index (κ2) is 5.05. The van der Waals surface area contributed by atoms with E-state index in [1.54, 1.807) is 0 Å². The largest absolute Gasteiger partial charge is 0.496 e. The first-order valence-electron chi connectivity index (χ1n) is 6.79. The van der Waals surface area contributed by atoms with Gasteiger partial charge in [0.1, 0.15) is 11.8 Å². The second-order valence-corrected chi connectivity index (χ2v) is 4.76. The van der Waals surface area contributed by atoms with E-state index in [1.807, 2.05) is 17.8 Å². The van der Waals surface area contributed by atoms with Crippen molar-refractivity contribution >= 4 is 10.9 Å². The summed E-state index contributed by atoms with van der Waals surface area (Å²) in [4.78, 5) is 0. The van der Waals surface area contributed by atoms with Crippen LogP contribution in [0.1, 0.15) is 25.1 Å². The predicted octanol–water partition coefficient (Wildman–Crippen LogP) is 2.53. The number of aromatic nitrogens is 2. The van der Waals surface area contributed by atoms with E-state index in [-0.39, 0.29) is 6.04 Å². The zero-order chi connectivity index (χ0) is 13.2. The zero-order valence-corrected chi connectivity index (χ0v) is 11.4. The number of nitrogens with one attached hydrogen (secondary N) is 1. The van der Waals surface area contributed by atoms with Gasteiger partial charge in [0.2, 0.25) is 0 Å². The van der Waals surface area contributed by atoms with Gasteiger partial charge in [-0.05, 0) is 18.7 Å². The molecular formula is C15H19N3O. The molecule has 19 heavy (non-hydrogen) atoms. The molecule has 4 nitrogen and oxygen atoms in total. The number of hydrogen-bond donors (Lipinski definition) is 1. The minimum Gasteiger partial charge on any atom is -0.496 e. The Bertz CT molecular complexity index is 615. The van der Waals surface area contributed by atoms with Crippen molar-refractivity contribution in [3.63, 3.8) is 0 Å². The van der Waals surface area contributed by atoms with Crippen LogP contribution in [-0.2, 0) is 11.8 Å². The molecule has 0 radical (unpaired) electrons. The fourth-order valence-electron chi connectivity index (χ4n) is 2.63. The number of benzene rings is 1. The topological polar surface area (TPSA) is 39.1 Å². The van der Waals surface area contributed by atoms with Crippen LogP contribution >= 0.6 is 0 Å². The van der Waals surface area contributed by atoms with Gasteiger partial charge in [-0.15, -0.1) is 0 Å². The van der Waals surface area contributed by atoms with Crippen LogP contribution in [0, 0.1) is 0 Å². The van der Waals surface area contributed by atoms with Crippen molar-refractivity contribution in [2.45, 2.75) is 19.4 Å². The fraction of sp³-hybridized carbons (Fsp3) is 0.400. The molecule has 3 rings (SSSR count). The SMILES string of the molecule is CCNC(C1=CCCO1)c1nn(C)c2ccccc12. The summed E-state index contributed by atoms with van der Waals surface area (Å²) in [5.41, 5.74) is 2.20. The van der Waals surface area contributed by atoms with Gasteiger partial charge in [0.25, 0.3) is 0 Å². The maximum absolute atomic E-state index is 5.73. The smallest absolute Gasteiger partial charge is 0.115 e. The van der Waals surface area contributed by atoms with Crippen LogP contribution in [0.4, 0.5) is 0 Å². The van der Waals surface area contributed by atoms with Crippen molar-refractivity contribution in [2.75, 3.05) is 13.2 Å². The molecule has 1 aromatic heterocycles. The van der Waals surface area contributed by atoms with Crippen molar-refractivity contribution in [3.05, 3.63) is 41.8 Å². The monoisotopic (exact) mass is 257 g/mol. The molecule has 0 fully saturated rings. The lowest BCUT2D eigenvalue weighted by Crippen LogP contribution is -2.24. The first kappa shape index (κ1) is 12.2. The predicted molar refractivity (Wildman–Crippen MR) is 75.8 cm³/mol. The van der Waals surface area contributed by atoms with Crippen molar-refractivity contribution in [3.8, 4) is 0 Å². The Morgan fingerprint density at radius 2 is 2.26 bits per heavy atom. The molecule has 1 unspecified atom stereocenters. The zero-order valence-electron chi connectivity index (χ0n) is 11.4. The molecule has 1 N–H and O–H groups in total. The highest BCUT2D eigenvalue weighted by molar-refractivity contribution is 5.82. The van der Waals surface area contributed by atoms with Gasteiger partial charge in [0, 0.05) is 18.9 Å². The molecule has 1 aromatic carbocycles. The Balaban J connectivity index is 2.09. The highest BCUT2D eigenvalue weighted by Gasteiger charge is 2.24. The van der Waals surface area contributed by atoms with E-state index in [4.69, 9.17) is 4.74 Å². The summed E-state index contributed by atoms with van der Waals surface area (Å²) >= 11 is 0. The number of rotatable bonds is 4. The molecule has 0 amide bonds. The van der Waals surface area contributed by atoms with E-state index in [9.17, 15) is 0 Å².